The highest BCUT2D eigenvalue weighted by Gasteiger charge is 2.35. The van der Waals surface area contributed by atoms with Gasteiger partial charge in [0.15, 0.2) is 6.29 Å². The van der Waals surface area contributed by atoms with Crippen LogP contribution >= 0.6 is 0 Å². The first kappa shape index (κ1) is 30.9. The molecule has 1 aliphatic heterocycles. The predicted octanol–water partition coefficient (Wildman–Crippen LogP) is 5.54. The Morgan fingerprint density at radius 2 is 1.95 bits per heavy atom. The number of hydrogen-bond acceptors (Lipinski definition) is 7. The molecule has 210 valence electrons. The van der Waals surface area contributed by atoms with Crippen LogP contribution in [0.5, 0.6) is 5.75 Å². The van der Waals surface area contributed by atoms with Crippen molar-refractivity contribution < 1.29 is 46.4 Å². The van der Waals surface area contributed by atoms with E-state index in [9.17, 15) is 18.0 Å². The van der Waals surface area contributed by atoms with Crippen molar-refractivity contribution in [2.45, 2.75) is 70.1 Å². The Kier molecular flexibility index (Phi) is 11.7. The summed E-state index contributed by atoms with van der Waals surface area (Å²) in [6, 6.07) is 3.72. The molecular weight excluding hydrogens is 495 g/mol. The summed E-state index contributed by atoms with van der Waals surface area (Å²) in [5.74, 6) is -0.285. The van der Waals surface area contributed by atoms with Crippen LogP contribution < -0.4 is 10.1 Å². The summed E-state index contributed by atoms with van der Waals surface area (Å²) in [6.07, 6.45) is 0.352. The number of alkyl carbamates (subject to hydrolysis) is 1. The molecule has 1 saturated heterocycles. The number of ether oxygens (including phenoxy) is 6. The minimum Gasteiger partial charge on any atom is -0.496 e. The van der Waals surface area contributed by atoms with Crippen LogP contribution in [0.4, 0.5) is 18.0 Å². The van der Waals surface area contributed by atoms with E-state index < -0.39 is 29.0 Å². The smallest absolute Gasteiger partial charge is 0.419 e. The van der Waals surface area contributed by atoms with E-state index in [1.807, 2.05) is 0 Å². The molecule has 2 rings (SSSR count). The van der Waals surface area contributed by atoms with Crippen LogP contribution in [0.25, 0.3) is 6.08 Å². The second-order valence-corrected chi connectivity index (χ2v) is 9.75. The number of methoxy groups -OCH3 is 2. The van der Waals surface area contributed by atoms with Gasteiger partial charge in [0.2, 0.25) is 0 Å². The monoisotopic (exact) mass is 533 g/mol. The molecule has 2 unspecified atom stereocenters. The highest BCUT2D eigenvalue weighted by atomic mass is 19.4. The van der Waals surface area contributed by atoms with Gasteiger partial charge in [0.1, 0.15) is 18.1 Å². The summed E-state index contributed by atoms with van der Waals surface area (Å²) in [5, 5.41) is 2.83. The Balaban J connectivity index is 2.35. The van der Waals surface area contributed by atoms with Gasteiger partial charge in [-0.25, -0.2) is 4.79 Å². The third kappa shape index (κ3) is 10.9. The minimum absolute atomic E-state index is 0.0479. The zero-order valence-corrected chi connectivity index (χ0v) is 22.1. The zero-order valence-electron chi connectivity index (χ0n) is 22.1. The number of hydrogen-bond donors (Lipinski definition) is 1. The van der Waals surface area contributed by atoms with Gasteiger partial charge in [-0.3, -0.25) is 0 Å². The third-order valence-electron chi connectivity index (χ3n) is 5.42. The number of carbonyl (C=O) groups is 1. The number of rotatable bonds is 12. The largest absolute Gasteiger partial charge is 0.496 e. The van der Waals surface area contributed by atoms with E-state index in [-0.39, 0.29) is 44.0 Å². The van der Waals surface area contributed by atoms with Crippen LogP contribution in [0.15, 0.2) is 24.3 Å². The Bertz CT molecular complexity index is 880. The van der Waals surface area contributed by atoms with Crippen LogP contribution in [0, 0.1) is 0 Å². The maximum absolute atomic E-state index is 13.5. The minimum atomic E-state index is -4.60. The molecule has 37 heavy (non-hydrogen) atoms. The maximum Gasteiger partial charge on any atom is 0.419 e. The van der Waals surface area contributed by atoms with Crippen molar-refractivity contribution in [3.8, 4) is 5.75 Å². The highest BCUT2D eigenvalue weighted by molar-refractivity contribution is 5.70. The summed E-state index contributed by atoms with van der Waals surface area (Å²) in [5.41, 5.74) is -2.60. The summed E-state index contributed by atoms with van der Waals surface area (Å²) < 4.78 is 73.0. The van der Waals surface area contributed by atoms with E-state index in [2.05, 4.69) is 5.32 Å². The average molecular weight is 534 g/mol. The van der Waals surface area contributed by atoms with Crippen molar-refractivity contribution in [1.82, 2.24) is 5.32 Å². The molecule has 0 aromatic heterocycles. The van der Waals surface area contributed by atoms with E-state index in [4.69, 9.17) is 28.4 Å². The Morgan fingerprint density at radius 1 is 1.19 bits per heavy atom. The van der Waals surface area contributed by atoms with Gasteiger partial charge in [-0.1, -0.05) is 18.2 Å². The van der Waals surface area contributed by atoms with E-state index in [1.165, 1.54) is 32.4 Å². The van der Waals surface area contributed by atoms with Crippen molar-refractivity contribution >= 4 is 12.2 Å². The summed E-state index contributed by atoms with van der Waals surface area (Å²) in [4.78, 5) is 12.8. The second-order valence-electron chi connectivity index (χ2n) is 9.75. The highest BCUT2D eigenvalue weighted by Crippen LogP contribution is 2.37. The molecule has 8 nitrogen and oxygen atoms in total. The van der Waals surface area contributed by atoms with Crippen molar-refractivity contribution in [1.29, 1.82) is 0 Å². The lowest BCUT2D eigenvalue weighted by Crippen LogP contribution is -2.52. The van der Waals surface area contributed by atoms with Gasteiger partial charge >= 0.3 is 12.3 Å². The molecule has 1 aromatic carbocycles. The van der Waals surface area contributed by atoms with Crippen LogP contribution in [-0.4, -0.2) is 64.4 Å². The van der Waals surface area contributed by atoms with Crippen LogP contribution in [0.2, 0.25) is 0 Å². The molecule has 0 spiro atoms. The van der Waals surface area contributed by atoms with Crippen LogP contribution in [-0.2, 0) is 29.9 Å². The topological polar surface area (TPSA) is 84.5 Å². The number of alkyl halides is 3. The normalized spacial score (nSPS) is 18.4. The Hall–Kier alpha value is -2.34. The van der Waals surface area contributed by atoms with Gasteiger partial charge in [0, 0.05) is 13.7 Å². The lowest BCUT2D eigenvalue weighted by atomic mass is 9.94. The fourth-order valence-electron chi connectivity index (χ4n) is 3.68. The van der Waals surface area contributed by atoms with E-state index >= 15 is 0 Å². The van der Waals surface area contributed by atoms with Gasteiger partial charge in [-0.2, -0.15) is 13.2 Å². The summed E-state index contributed by atoms with van der Waals surface area (Å²) >= 11 is 0. The quantitative estimate of drug-likeness (QED) is 0.279. The van der Waals surface area contributed by atoms with Crippen molar-refractivity contribution in [3.63, 3.8) is 0 Å². The molecule has 0 saturated carbocycles. The lowest BCUT2D eigenvalue weighted by Gasteiger charge is -2.33. The molecule has 0 aliphatic carbocycles. The first-order chi connectivity index (χ1) is 17.4. The zero-order chi connectivity index (χ0) is 27.5. The molecule has 1 heterocycles. The average Bonchev–Trinajstić information content (AvgIpc) is 2.81. The van der Waals surface area contributed by atoms with E-state index in [0.717, 1.165) is 25.3 Å². The SMILES string of the molecule is COCOCC(C=Cc1ccc(OC)c(C(F)(F)F)c1)(CCOC1CCCCO1)NC(=O)OC(C)(C)C. The third-order valence-corrected chi connectivity index (χ3v) is 5.42. The molecule has 2 atom stereocenters. The summed E-state index contributed by atoms with van der Waals surface area (Å²) in [6.45, 7) is 5.88. The number of nitrogens with one attached hydrogen (secondary N) is 1. The molecule has 11 heteroatoms. The van der Waals surface area contributed by atoms with Gasteiger partial charge in [-0.15, -0.1) is 0 Å². The van der Waals surface area contributed by atoms with Crippen LogP contribution in [0.3, 0.4) is 0 Å². The number of carbonyl (C=O) groups excluding carboxylic acids is 1. The standard InChI is InChI=1S/C26H38F3NO7/c1-24(2,3)37-23(31)30-25(17-34-18-32-4,13-15-36-22-8-6-7-14-35-22)12-11-19-9-10-21(33-5)20(16-19)26(27,28)29/h9-12,16,22H,6-8,13-15,17-18H2,1-5H3,(H,30,31). The second kappa shape index (κ2) is 14.0. The fraction of sp³-hybridized carbons (Fsp3) is 0.654. The predicted molar refractivity (Wildman–Crippen MR) is 131 cm³/mol. The van der Waals surface area contributed by atoms with Crippen LogP contribution in [0.1, 0.15) is 57.6 Å². The first-order valence-corrected chi connectivity index (χ1v) is 12.1. The fourth-order valence-corrected chi connectivity index (χ4v) is 3.68. The van der Waals surface area contributed by atoms with Crippen molar-refractivity contribution in [2.24, 2.45) is 0 Å². The maximum atomic E-state index is 13.5. The van der Waals surface area contributed by atoms with E-state index in [0.29, 0.717) is 6.61 Å². The number of amides is 1. The lowest BCUT2D eigenvalue weighted by molar-refractivity contribution is -0.165. The molecule has 1 aromatic rings. The van der Waals surface area contributed by atoms with E-state index in [1.54, 1.807) is 26.8 Å². The Morgan fingerprint density at radius 3 is 2.54 bits per heavy atom. The molecule has 1 fully saturated rings. The first-order valence-electron chi connectivity index (χ1n) is 12.1. The van der Waals surface area contributed by atoms with Gasteiger partial charge < -0.3 is 33.7 Å². The number of benzene rings is 1. The Labute approximate surface area is 216 Å². The number of halogens is 3. The summed E-state index contributed by atoms with van der Waals surface area (Å²) in [7, 11) is 2.64. The molecule has 0 bridgehead atoms. The van der Waals surface area contributed by atoms with Gasteiger partial charge in [0.25, 0.3) is 0 Å². The molecule has 1 aliphatic rings. The molecule has 1 amide bonds. The van der Waals surface area contributed by atoms with Gasteiger partial charge in [0.05, 0.1) is 31.4 Å². The molecule has 1 N–H and O–H groups in total. The molecule has 0 radical (unpaired) electrons. The van der Waals surface area contributed by atoms with Crippen molar-refractivity contribution in [3.05, 3.63) is 35.4 Å². The van der Waals surface area contributed by atoms with Crippen molar-refractivity contribution in [2.75, 3.05) is 40.8 Å². The van der Waals surface area contributed by atoms with Gasteiger partial charge in [-0.05, 0) is 64.2 Å². The molecular formula is C26H38F3NO7.